The van der Waals surface area contributed by atoms with Gasteiger partial charge in [0.2, 0.25) is 0 Å². The quantitative estimate of drug-likeness (QED) is 0.879. The zero-order valence-electron chi connectivity index (χ0n) is 11.3. The Bertz CT molecular complexity index is 578. The first-order valence-corrected chi connectivity index (χ1v) is 7.10. The highest BCUT2D eigenvalue weighted by Crippen LogP contribution is 2.32. The third kappa shape index (κ3) is 2.85. The summed E-state index contributed by atoms with van der Waals surface area (Å²) in [6.45, 7) is 6.67. The van der Waals surface area contributed by atoms with Crippen LogP contribution >= 0.6 is 11.3 Å². The first-order chi connectivity index (χ1) is 9.04. The van der Waals surface area contributed by atoms with E-state index < -0.39 is 11.6 Å². The molecule has 0 aliphatic rings. The predicted molar refractivity (Wildman–Crippen MR) is 75.7 cm³/mol. The summed E-state index contributed by atoms with van der Waals surface area (Å²) in [6, 6.07) is 6.07. The van der Waals surface area contributed by atoms with Crippen molar-refractivity contribution < 1.29 is 8.78 Å². The van der Waals surface area contributed by atoms with E-state index >= 15 is 0 Å². The van der Waals surface area contributed by atoms with E-state index in [2.05, 4.69) is 5.32 Å². The van der Waals surface area contributed by atoms with Gasteiger partial charge in [-0.25, -0.2) is 8.78 Å². The van der Waals surface area contributed by atoms with Gasteiger partial charge in [0, 0.05) is 15.3 Å². The fraction of sp³-hybridized carbons (Fsp3) is 0.333. The Morgan fingerprint density at radius 2 is 1.95 bits per heavy atom. The van der Waals surface area contributed by atoms with Crippen LogP contribution in [0.5, 0.6) is 0 Å². The Hall–Kier alpha value is -1.26. The molecule has 0 spiro atoms. The number of rotatable bonds is 4. The van der Waals surface area contributed by atoms with Crippen molar-refractivity contribution in [2.24, 2.45) is 0 Å². The zero-order valence-corrected chi connectivity index (χ0v) is 12.1. The Kier molecular flexibility index (Phi) is 4.32. The van der Waals surface area contributed by atoms with Crippen LogP contribution in [-0.4, -0.2) is 6.54 Å². The van der Waals surface area contributed by atoms with E-state index in [-0.39, 0.29) is 6.04 Å². The zero-order chi connectivity index (χ0) is 14.0. The average Bonchev–Trinajstić information content (AvgIpc) is 2.69. The SMILES string of the molecule is CCNC(c1cc(C)sc1C)c1cccc(F)c1F. The molecule has 0 bridgehead atoms. The fourth-order valence-corrected chi connectivity index (χ4v) is 3.24. The molecule has 1 heterocycles. The molecule has 0 saturated heterocycles. The molecule has 19 heavy (non-hydrogen) atoms. The molecule has 0 saturated carbocycles. The second kappa shape index (κ2) is 5.80. The van der Waals surface area contributed by atoms with Crippen LogP contribution in [-0.2, 0) is 0 Å². The van der Waals surface area contributed by atoms with Crippen LogP contribution in [0.25, 0.3) is 0 Å². The molecule has 0 aliphatic carbocycles. The summed E-state index contributed by atoms with van der Waals surface area (Å²) in [5, 5.41) is 3.24. The smallest absolute Gasteiger partial charge is 0.163 e. The number of aryl methyl sites for hydroxylation is 2. The second-order valence-corrected chi connectivity index (χ2v) is 5.96. The highest BCUT2D eigenvalue weighted by Gasteiger charge is 2.21. The van der Waals surface area contributed by atoms with Crippen LogP contribution in [0.4, 0.5) is 8.78 Å². The largest absolute Gasteiger partial charge is 0.306 e. The van der Waals surface area contributed by atoms with E-state index in [1.54, 1.807) is 23.5 Å². The third-order valence-corrected chi connectivity index (χ3v) is 4.07. The minimum Gasteiger partial charge on any atom is -0.306 e. The monoisotopic (exact) mass is 281 g/mol. The van der Waals surface area contributed by atoms with Crippen LogP contribution in [0.1, 0.15) is 33.8 Å². The van der Waals surface area contributed by atoms with Gasteiger partial charge in [0.15, 0.2) is 11.6 Å². The van der Waals surface area contributed by atoms with Crippen molar-refractivity contribution in [3.05, 3.63) is 56.8 Å². The van der Waals surface area contributed by atoms with Gasteiger partial charge in [0.1, 0.15) is 0 Å². The van der Waals surface area contributed by atoms with Crippen molar-refractivity contribution in [3.8, 4) is 0 Å². The maximum atomic E-state index is 14.0. The molecular weight excluding hydrogens is 264 g/mol. The number of thiophene rings is 1. The number of halogens is 2. The molecule has 1 nitrogen and oxygen atoms in total. The summed E-state index contributed by atoms with van der Waals surface area (Å²) in [5.74, 6) is -1.57. The molecule has 0 fully saturated rings. The van der Waals surface area contributed by atoms with Crippen molar-refractivity contribution in [2.75, 3.05) is 6.54 Å². The second-order valence-electron chi connectivity index (χ2n) is 4.50. The van der Waals surface area contributed by atoms with Crippen LogP contribution in [0.2, 0.25) is 0 Å². The number of nitrogens with one attached hydrogen (secondary N) is 1. The normalized spacial score (nSPS) is 12.7. The summed E-state index contributed by atoms with van der Waals surface area (Å²) in [4.78, 5) is 2.30. The molecule has 4 heteroatoms. The Balaban J connectivity index is 2.51. The van der Waals surface area contributed by atoms with Gasteiger partial charge in [-0.1, -0.05) is 19.1 Å². The van der Waals surface area contributed by atoms with E-state index in [0.29, 0.717) is 12.1 Å². The molecule has 102 valence electrons. The lowest BCUT2D eigenvalue weighted by Gasteiger charge is -2.19. The van der Waals surface area contributed by atoms with Gasteiger partial charge >= 0.3 is 0 Å². The van der Waals surface area contributed by atoms with Crippen molar-refractivity contribution in [2.45, 2.75) is 26.8 Å². The van der Waals surface area contributed by atoms with Gasteiger partial charge in [-0.05, 0) is 38.1 Å². The number of hydrogen-bond donors (Lipinski definition) is 1. The van der Waals surface area contributed by atoms with E-state index in [9.17, 15) is 8.78 Å². The molecule has 1 unspecified atom stereocenters. The molecule has 0 aliphatic heterocycles. The van der Waals surface area contributed by atoms with Crippen LogP contribution in [0.3, 0.4) is 0 Å². The first kappa shape index (κ1) is 14.2. The predicted octanol–water partition coefficient (Wildman–Crippen LogP) is 4.34. The first-order valence-electron chi connectivity index (χ1n) is 6.28. The molecular formula is C15H17F2NS. The lowest BCUT2D eigenvalue weighted by molar-refractivity contribution is 0.483. The lowest BCUT2D eigenvalue weighted by atomic mass is 9.98. The topological polar surface area (TPSA) is 12.0 Å². The van der Waals surface area contributed by atoms with Gasteiger partial charge < -0.3 is 5.32 Å². The molecule has 1 N–H and O–H groups in total. The van der Waals surface area contributed by atoms with Crippen molar-refractivity contribution in [3.63, 3.8) is 0 Å². The van der Waals surface area contributed by atoms with Crippen LogP contribution in [0.15, 0.2) is 24.3 Å². The van der Waals surface area contributed by atoms with E-state index in [0.717, 1.165) is 16.5 Å². The molecule has 1 aromatic carbocycles. The Labute approximate surface area is 116 Å². The van der Waals surface area contributed by atoms with Gasteiger partial charge in [-0.3, -0.25) is 0 Å². The average molecular weight is 281 g/mol. The summed E-state index contributed by atoms with van der Waals surface area (Å²) >= 11 is 1.67. The van der Waals surface area contributed by atoms with Crippen molar-refractivity contribution >= 4 is 11.3 Å². The van der Waals surface area contributed by atoms with E-state index in [1.165, 1.54) is 4.88 Å². The maximum absolute atomic E-state index is 14.0. The molecule has 1 aromatic heterocycles. The fourth-order valence-electron chi connectivity index (χ4n) is 2.27. The highest BCUT2D eigenvalue weighted by molar-refractivity contribution is 7.12. The standard InChI is InChI=1S/C15H17F2NS/c1-4-18-15(12-8-9(2)19-10(12)3)11-6-5-7-13(16)14(11)17/h5-8,15,18H,4H2,1-3H3. The lowest BCUT2D eigenvalue weighted by Crippen LogP contribution is -2.23. The third-order valence-electron chi connectivity index (χ3n) is 3.09. The molecule has 1 atom stereocenters. The summed E-state index contributed by atoms with van der Waals surface area (Å²) in [5.41, 5.74) is 1.39. The van der Waals surface area contributed by atoms with Crippen molar-refractivity contribution in [1.82, 2.24) is 5.32 Å². The van der Waals surface area contributed by atoms with Gasteiger partial charge in [-0.15, -0.1) is 11.3 Å². The maximum Gasteiger partial charge on any atom is 0.163 e. The Morgan fingerprint density at radius 3 is 2.53 bits per heavy atom. The van der Waals surface area contributed by atoms with Crippen molar-refractivity contribution in [1.29, 1.82) is 0 Å². The Morgan fingerprint density at radius 1 is 1.21 bits per heavy atom. The van der Waals surface area contributed by atoms with Gasteiger partial charge in [0.25, 0.3) is 0 Å². The summed E-state index contributed by atoms with van der Waals surface area (Å²) in [6.07, 6.45) is 0. The molecule has 2 rings (SSSR count). The summed E-state index contributed by atoms with van der Waals surface area (Å²) < 4.78 is 27.4. The number of benzene rings is 1. The molecule has 0 amide bonds. The van der Waals surface area contributed by atoms with E-state index in [1.807, 2.05) is 26.8 Å². The van der Waals surface area contributed by atoms with Crippen LogP contribution in [0, 0.1) is 25.5 Å². The minimum absolute atomic E-state index is 0.300. The van der Waals surface area contributed by atoms with Gasteiger partial charge in [0.05, 0.1) is 6.04 Å². The summed E-state index contributed by atoms with van der Waals surface area (Å²) in [7, 11) is 0. The number of hydrogen-bond acceptors (Lipinski definition) is 2. The molecule has 2 aromatic rings. The van der Waals surface area contributed by atoms with E-state index in [4.69, 9.17) is 0 Å². The van der Waals surface area contributed by atoms with Gasteiger partial charge in [-0.2, -0.15) is 0 Å². The minimum atomic E-state index is -0.801. The molecule has 0 radical (unpaired) electrons. The van der Waals surface area contributed by atoms with Crippen LogP contribution < -0.4 is 5.32 Å². The highest BCUT2D eigenvalue weighted by atomic mass is 32.1.